The number of aliphatic hydroxyl groups excluding tert-OH is 1. The van der Waals surface area contributed by atoms with Crippen molar-refractivity contribution in [2.75, 3.05) is 13.1 Å². The van der Waals surface area contributed by atoms with Crippen molar-refractivity contribution >= 4 is 0 Å². The van der Waals surface area contributed by atoms with Crippen molar-refractivity contribution in [2.45, 2.75) is 57.5 Å². The molecule has 2 N–H and O–H groups in total. The van der Waals surface area contributed by atoms with Gasteiger partial charge in [0.05, 0.1) is 6.10 Å². The fraction of sp³-hybridized carbons (Fsp3) is 1.00. The first-order chi connectivity index (χ1) is 8.33. The Morgan fingerprint density at radius 1 is 0.882 bits per heavy atom. The van der Waals surface area contributed by atoms with Crippen molar-refractivity contribution in [3.8, 4) is 0 Å². The van der Waals surface area contributed by atoms with Crippen LogP contribution < -0.4 is 5.32 Å². The average molecular weight is 237 g/mol. The van der Waals surface area contributed by atoms with Crippen LogP contribution in [0.25, 0.3) is 0 Å². The first kappa shape index (κ1) is 12.0. The summed E-state index contributed by atoms with van der Waals surface area (Å²) in [5.74, 6) is 3.58. The molecule has 0 radical (unpaired) electrons. The largest absolute Gasteiger partial charge is 0.393 e. The summed E-state index contributed by atoms with van der Waals surface area (Å²) >= 11 is 0. The van der Waals surface area contributed by atoms with Crippen LogP contribution in [0.3, 0.4) is 0 Å². The molecular weight excluding hydrogens is 210 g/mol. The van der Waals surface area contributed by atoms with E-state index in [4.69, 9.17) is 0 Å². The second kappa shape index (κ2) is 5.27. The third-order valence-corrected chi connectivity index (χ3v) is 5.57. The van der Waals surface area contributed by atoms with Gasteiger partial charge in [-0.05, 0) is 62.3 Å². The van der Waals surface area contributed by atoms with E-state index >= 15 is 0 Å². The lowest BCUT2D eigenvalue weighted by atomic mass is 9.86. The minimum atomic E-state index is -0.0312. The topological polar surface area (TPSA) is 32.3 Å². The molecule has 0 spiro atoms. The van der Waals surface area contributed by atoms with Crippen LogP contribution in [0.15, 0.2) is 0 Å². The SMILES string of the molecule is OC1CCCCC1CNCC1CC2CCC1C2. The maximum Gasteiger partial charge on any atom is 0.0580 e. The molecule has 2 bridgehead atoms. The van der Waals surface area contributed by atoms with Crippen LogP contribution in [-0.2, 0) is 0 Å². The Morgan fingerprint density at radius 3 is 2.41 bits per heavy atom. The van der Waals surface area contributed by atoms with Crippen molar-refractivity contribution in [2.24, 2.45) is 23.7 Å². The van der Waals surface area contributed by atoms with Gasteiger partial charge in [-0.3, -0.25) is 0 Å². The maximum atomic E-state index is 9.93. The summed E-state index contributed by atoms with van der Waals surface area (Å²) < 4.78 is 0. The van der Waals surface area contributed by atoms with Gasteiger partial charge in [0.2, 0.25) is 0 Å². The zero-order valence-electron chi connectivity index (χ0n) is 10.9. The van der Waals surface area contributed by atoms with Crippen LogP contribution in [0.1, 0.15) is 51.4 Å². The normalized spacial score (nSPS) is 45.4. The van der Waals surface area contributed by atoms with E-state index < -0.39 is 0 Å². The van der Waals surface area contributed by atoms with Gasteiger partial charge >= 0.3 is 0 Å². The van der Waals surface area contributed by atoms with E-state index in [2.05, 4.69) is 5.32 Å². The molecule has 3 rings (SSSR count). The van der Waals surface area contributed by atoms with E-state index in [-0.39, 0.29) is 6.10 Å². The van der Waals surface area contributed by atoms with Gasteiger partial charge in [-0.1, -0.05) is 19.3 Å². The second-order valence-electron chi connectivity index (χ2n) is 6.71. The Morgan fingerprint density at radius 2 is 1.71 bits per heavy atom. The van der Waals surface area contributed by atoms with Crippen molar-refractivity contribution in [1.82, 2.24) is 5.32 Å². The minimum absolute atomic E-state index is 0.0312. The van der Waals surface area contributed by atoms with Gasteiger partial charge in [0, 0.05) is 6.54 Å². The van der Waals surface area contributed by atoms with E-state index in [1.54, 1.807) is 0 Å². The molecule has 17 heavy (non-hydrogen) atoms. The number of hydrogen-bond donors (Lipinski definition) is 2. The maximum absolute atomic E-state index is 9.93. The fourth-order valence-electron chi connectivity index (χ4n) is 4.51. The van der Waals surface area contributed by atoms with E-state index in [1.165, 1.54) is 51.5 Å². The van der Waals surface area contributed by atoms with Crippen molar-refractivity contribution < 1.29 is 5.11 Å². The lowest BCUT2D eigenvalue weighted by Gasteiger charge is -2.29. The van der Waals surface area contributed by atoms with E-state index in [1.807, 2.05) is 0 Å². The van der Waals surface area contributed by atoms with Crippen LogP contribution in [0.4, 0.5) is 0 Å². The molecule has 3 fully saturated rings. The lowest BCUT2D eigenvalue weighted by molar-refractivity contribution is 0.0687. The van der Waals surface area contributed by atoms with E-state index in [0.29, 0.717) is 5.92 Å². The zero-order valence-corrected chi connectivity index (χ0v) is 10.9. The summed E-state index contributed by atoms with van der Waals surface area (Å²) in [5, 5.41) is 13.6. The minimum Gasteiger partial charge on any atom is -0.393 e. The highest BCUT2D eigenvalue weighted by atomic mass is 16.3. The number of nitrogens with one attached hydrogen (secondary N) is 1. The molecule has 2 heteroatoms. The lowest BCUT2D eigenvalue weighted by Crippen LogP contribution is -2.36. The van der Waals surface area contributed by atoms with Gasteiger partial charge in [-0.15, -0.1) is 0 Å². The fourth-order valence-corrected chi connectivity index (χ4v) is 4.51. The Labute approximate surface area is 105 Å². The average Bonchev–Trinajstić information content (AvgIpc) is 2.94. The van der Waals surface area contributed by atoms with Crippen LogP contribution in [0, 0.1) is 23.7 Å². The quantitative estimate of drug-likeness (QED) is 0.787. The van der Waals surface area contributed by atoms with Crippen LogP contribution in [-0.4, -0.2) is 24.3 Å². The molecule has 3 aliphatic rings. The summed E-state index contributed by atoms with van der Waals surface area (Å²) in [4.78, 5) is 0. The smallest absolute Gasteiger partial charge is 0.0580 e. The molecule has 98 valence electrons. The Bertz CT molecular complexity index is 253. The van der Waals surface area contributed by atoms with Crippen LogP contribution >= 0.6 is 0 Å². The number of rotatable bonds is 4. The number of fused-ring (bicyclic) bond motifs is 2. The molecule has 3 aliphatic carbocycles. The van der Waals surface area contributed by atoms with Gasteiger partial charge < -0.3 is 10.4 Å². The Kier molecular flexibility index (Phi) is 3.72. The predicted molar refractivity (Wildman–Crippen MR) is 69.8 cm³/mol. The molecule has 3 saturated carbocycles. The molecular formula is C15H27NO. The molecule has 0 heterocycles. The number of hydrogen-bond acceptors (Lipinski definition) is 2. The van der Waals surface area contributed by atoms with Gasteiger partial charge in [0.15, 0.2) is 0 Å². The molecule has 0 aromatic rings. The zero-order chi connectivity index (χ0) is 11.7. The van der Waals surface area contributed by atoms with E-state index in [9.17, 15) is 5.11 Å². The monoisotopic (exact) mass is 237 g/mol. The summed E-state index contributed by atoms with van der Waals surface area (Å²) in [6.45, 7) is 2.26. The van der Waals surface area contributed by atoms with Crippen LogP contribution in [0.2, 0.25) is 0 Å². The number of aliphatic hydroxyl groups is 1. The third-order valence-electron chi connectivity index (χ3n) is 5.57. The second-order valence-corrected chi connectivity index (χ2v) is 6.71. The molecule has 2 nitrogen and oxygen atoms in total. The van der Waals surface area contributed by atoms with Crippen molar-refractivity contribution in [3.63, 3.8) is 0 Å². The summed E-state index contributed by atoms with van der Waals surface area (Å²) in [5.41, 5.74) is 0. The van der Waals surface area contributed by atoms with Gasteiger partial charge in [-0.2, -0.15) is 0 Å². The highest BCUT2D eigenvalue weighted by Crippen LogP contribution is 2.47. The molecule has 5 atom stereocenters. The summed E-state index contributed by atoms with van der Waals surface area (Å²) in [7, 11) is 0. The van der Waals surface area contributed by atoms with Crippen LogP contribution in [0.5, 0.6) is 0 Å². The highest BCUT2D eigenvalue weighted by molar-refractivity contribution is 4.91. The molecule has 0 aliphatic heterocycles. The third kappa shape index (κ3) is 2.68. The Hall–Kier alpha value is -0.0800. The van der Waals surface area contributed by atoms with Crippen molar-refractivity contribution in [3.05, 3.63) is 0 Å². The van der Waals surface area contributed by atoms with Crippen molar-refractivity contribution in [1.29, 1.82) is 0 Å². The van der Waals surface area contributed by atoms with Gasteiger partial charge in [-0.25, -0.2) is 0 Å². The molecule has 0 aromatic heterocycles. The molecule has 0 aromatic carbocycles. The first-order valence-electron chi connectivity index (χ1n) is 7.71. The summed E-state index contributed by atoms with van der Waals surface area (Å²) in [6, 6.07) is 0. The molecule has 5 unspecified atom stereocenters. The van der Waals surface area contributed by atoms with Gasteiger partial charge in [0.1, 0.15) is 0 Å². The Balaban J connectivity index is 1.37. The first-order valence-corrected chi connectivity index (χ1v) is 7.71. The predicted octanol–water partition coefficient (Wildman–Crippen LogP) is 2.56. The van der Waals surface area contributed by atoms with Gasteiger partial charge in [0.25, 0.3) is 0 Å². The standard InChI is InChI=1S/C15H27NO/c17-15-4-2-1-3-13(15)9-16-10-14-8-11-5-6-12(14)7-11/h11-17H,1-10H2. The summed E-state index contributed by atoms with van der Waals surface area (Å²) in [6.07, 6.45) is 10.7. The van der Waals surface area contributed by atoms with E-state index in [0.717, 1.165) is 30.7 Å². The highest BCUT2D eigenvalue weighted by Gasteiger charge is 2.39. The molecule has 0 amide bonds. The molecule has 0 saturated heterocycles.